The summed E-state index contributed by atoms with van der Waals surface area (Å²) in [5.74, 6) is -0.769. The number of ether oxygens (including phenoxy) is 1. The number of carboxylic acids is 1. The van der Waals surface area contributed by atoms with Gasteiger partial charge in [0.05, 0.1) is 12.0 Å². The normalized spacial score (nSPS) is 12.1. The van der Waals surface area contributed by atoms with Crippen molar-refractivity contribution < 1.29 is 27.8 Å². The molecule has 0 aliphatic heterocycles. The van der Waals surface area contributed by atoms with Gasteiger partial charge in [0, 0.05) is 23.6 Å². The molecule has 35 heavy (non-hydrogen) atoms. The van der Waals surface area contributed by atoms with Crippen molar-refractivity contribution in [2.75, 3.05) is 19.0 Å². The SMILES string of the molecule is CCCCNc1c(-c2ccc(OC)c(SC(C)CC)c2)nc2cc(C)ccn12.O=C(O)C(F)(F)F. The number of hydrogen-bond acceptors (Lipinski definition) is 5. The van der Waals surface area contributed by atoms with Gasteiger partial charge >= 0.3 is 12.1 Å². The van der Waals surface area contributed by atoms with Gasteiger partial charge in [0.25, 0.3) is 0 Å². The first-order valence-electron chi connectivity index (χ1n) is 11.4. The van der Waals surface area contributed by atoms with Crippen LogP contribution < -0.4 is 10.1 Å². The van der Waals surface area contributed by atoms with Gasteiger partial charge in [-0.3, -0.25) is 4.40 Å². The maximum atomic E-state index is 10.6. The van der Waals surface area contributed by atoms with Crippen molar-refractivity contribution in [3.63, 3.8) is 0 Å². The van der Waals surface area contributed by atoms with Crippen LogP contribution in [0, 0.1) is 6.92 Å². The monoisotopic (exact) mass is 511 g/mol. The zero-order valence-electron chi connectivity index (χ0n) is 20.6. The Hall–Kier alpha value is -2.88. The highest BCUT2D eigenvalue weighted by atomic mass is 32.2. The highest BCUT2D eigenvalue weighted by Gasteiger charge is 2.38. The van der Waals surface area contributed by atoms with Gasteiger partial charge in [-0.2, -0.15) is 13.2 Å². The van der Waals surface area contributed by atoms with E-state index < -0.39 is 12.1 Å². The van der Waals surface area contributed by atoms with Crippen LogP contribution in [0.1, 0.15) is 45.6 Å². The zero-order valence-corrected chi connectivity index (χ0v) is 21.4. The summed E-state index contributed by atoms with van der Waals surface area (Å²) in [5.41, 5.74) is 4.30. The molecule has 3 aromatic rings. The predicted octanol–water partition coefficient (Wildman–Crippen LogP) is 7.05. The summed E-state index contributed by atoms with van der Waals surface area (Å²) in [4.78, 5) is 15.0. The number of carboxylic acid groups (broad SMARTS) is 1. The van der Waals surface area contributed by atoms with Crippen LogP contribution in [0.5, 0.6) is 5.75 Å². The molecule has 0 bridgehead atoms. The van der Waals surface area contributed by atoms with Crippen LogP contribution in [-0.2, 0) is 4.79 Å². The van der Waals surface area contributed by atoms with Crippen molar-refractivity contribution >= 4 is 29.2 Å². The number of hydrogen-bond donors (Lipinski definition) is 2. The Morgan fingerprint density at radius 1 is 1.26 bits per heavy atom. The van der Waals surface area contributed by atoms with Crippen LogP contribution in [0.4, 0.5) is 19.0 Å². The molecule has 2 N–H and O–H groups in total. The van der Waals surface area contributed by atoms with E-state index in [4.69, 9.17) is 19.6 Å². The summed E-state index contributed by atoms with van der Waals surface area (Å²) < 4.78 is 39.5. The molecule has 0 radical (unpaired) electrons. The lowest BCUT2D eigenvalue weighted by molar-refractivity contribution is -0.192. The van der Waals surface area contributed by atoms with E-state index in [1.54, 1.807) is 7.11 Å². The fraction of sp³-hybridized carbons (Fsp3) is 0.440. The van der Waals surface area contributed by atoms with Crippen molar-refractivity contribution in [1.29, 1.82) is 0 Å². The Morgan fingerprint density at radius 2 is 1.94 bits per heavy atom. The van der Waals surface area contributed by atoms with Gasteiger partial charge in [-0.15, -0.1) is 11.8 Å². The number of fused-ring (bicyclic) bond motifs is 1. The predicted molar refractivity (Wildman–Crippen MR) is 135 cm³/mol. The van der Waals surface area contributed by atoms with Crippen LogP contribution >= 0.6 is 11.8 Å². The van der Waals surface area contributed by atoms with Gasteiger partial charge in [0.2, 0.25) is 0 Å². The standard InChI is InChI=1S/C23H31N3OS.C2HF3O2/c1-6-8-12-24-23-22(25-21-14-16(3)11-13-26(21)23)18-9-10-19(27-5)20(15-18)28-17(4)7-2;3-2(4,5)1(6)7/h9-11,13-15,17,24H,6-8,12H2,1-5H3;(H,6,7). The molecule has 192 valence electrons. The van der Waals surface area contributed by atoms with Crippen LogP contribution in [0.15, 0.2) is 41.4 Å². The Kier molecular flexibility index (Phi) is 10.3. The number of aliphatic carboxylic acids is 1. The highest BCUT2D eigenvalue weighted by Crippen LogP contribution is 2.38. The van der Waals surface area contributed by atoms with Crippen LogP contribution in [0.2, 0.25) is 0 Å². The quantitative estimate of drug-likeness (QED) is 0.237. The van der Waals surface area contributed by atoms with Crippen LogP contribution in [0.3, 0.4) is 0 Å². The smallest absolute Gasteiger partial charge is 0.490 e. The third-order valence-corrected chi connectivity index (χ3v) is 6.50. The minimum Gasteiger partial charge on any atom is -0.496 e. The molecule has 3 rings (SSSR count). The molecule has 1 aromatic carbocycles. The molecule has 0 saturated carbocycles. The van der Waals surface area contributed by atoms with Crippen LogP contribution in [0.25, 0.3) is 16.9 Å². The molecule has 0 fully saturated rings. The number of aryl methyl sites for hydroxylation is 1. The molecule has 1 unspecified atom stereocenters. The average Bonchev–Trinajstić information content (AvgIpc) is 3.16. The molecule has 0 amide bonds. The fourth-order valence-corrected chi connectivity index (χ4v) is 4.18. The largest absolute Gasteiger partial charge is 0.496 e. The number of anilines is 1. The first-order valence-corrected chi connectivity index (χ1v) is 12.3. The van der Waals surface area contributed by atoms with Crippen molar-refractivity contribution in [3.05, 3.63) is 42.1 Å². The second-order valence-electron chi connectivity index (χ2n) is 8.03. The number of nitrogens with one attached hydrogen (secondary N) is 1. The number of halogens is 3. The lowest BCUT2D eigenvalue weighted by Gasteiger charge is -2.14. The van der Waals surface area contributed by atoms with Gasteiger partial charge in [0.1, 0.15) is 22.9 Å². The third kappa shape index (κ3) is 7.81. The molecule has 10 heteroatoms. The van der Waals surface area contributed by atoms with Crippen molar-refractivity contribution in [1.82, 2.24) is 9.38 Å². The summed E-state index contributed by atoms with van der Waals surface area (Å²) in [5, 5.41) is 11.3. The molecule has 0 aliphatic rings. The van der Waals surface area contributed by atoms with Gasteiger partial charge in [-0.25, -0.2) is 9.78 Å². The lowest BCUT2D eigenvalue weighted by Crippen LogP contribution is -2.21. The van der Waals surface area contributed by atoms with E-state index >= 15 is 0 Å². The number of imidazole rings is 1. The van der Waals surface area contributed by atoms with E-state index in [1.807, 2.05) is 11.8 Å². The maximum absolute atomic E-state index is 10.6. The molecular weight excluding hydrogens is 479 g/mol. The summed E-state index contributed by atoms with van der Waals surface area (Å²) in [6, 6.07) is 10.6. The summed E-state index contributed by atoms with van der Waals surface area (Å²) in [6.45, 7) is 9.72. The average molecular weight is 512 g/mol. The first kappa shape index (κ1) is 28.4. The van der Waals surface area contributed by atoms with Crippen molar-refractivity contribution in [2.24, 2.45) is 0 Å². The van der Waals surface area contributed by atoms with E-state index in [0.29, 0.717) is 5.25 Å². The number of rotatable bonds is 9. The molecular formula is C25H32F3N3O3S. The van der Waals surface area contributed by atoms with Gasteiger partial charge in [0.15, 0.2) is 0 Å². The number of benzene rings is 1. The molecule has 6 nitrogen and oxygen atoms in total. The number of thioether (sulfide) groups is 1. The fourth-order valence-electron chi connectivity index (χ4n) is 3.12. The summed E-state index contributed by atoms with van der Waals surface area (Å²) in [6.07, 6.45) is 0.440. The molecule has 2 aromatic heterocycles. The minimum absolute atomic E-state index is 0.537. The number of pyridine rings is 1. The molecule has 0 saturated heterocycles. The lowest BCUT2D eigenvalue weighted by atomic mass is 10.1. The van der Waals surface area contributed by atoms with Crippen LogP contribution in [-0.4, -0.2) is 45.5 Å². The Balaban J connectivity index is 0.000000540. The van der Waals surface area contributed by atoms with E-state index in [-0.39, 0.29) is 0 Å². The van der Waals surface area contributed by atoms with Crippen molar-refractivity contribution in [3.8, 4) is 17.0 Å². The number of nitrogens with zero attached hydrogens (tertiary/aromatic N) is 2. The number of aromatic nitrogens is 2. The minimum atomic E-state index is -5.08. The highest BCUT2D eigenvalue weighted by molar-refractivity contribution is 8.00. The summed E-state index contributed by atoms with van der Waals surface area (Å²) >= 11 is 1.86. The Bertz CT molecular complexity index is 1130. The molecule has 1 atom stereocenters. The van der Waals surface area contributed by atoms with Gasteiger partial charge < -0.3 is 15.2 Å². The second-order valence-corrected chi connectivity index (χ2v) is 9.51. The van der Waals surface area contributed by atoms with E-state index in [1.165, 1.54) is 10.5 Å². The molecule has 0 spiro atoms. The first-order chi connectivity index (χ1) is 16.5. The van der Waals surface area contributed by atoms with Gasteiger partial charge in [-0.05, 0) is 55.7 Å². The molecule has 0 aliphatic carbocycles. The maximum Gasteiger partial charge on any atom is 0.490 e. The van der Waals surface area contributed by atoms with E-state index in [9.17, 15) is 13.2 Å². The topological polar surface area (TPSA) is 75.9 Å². The molecule has 2 heterocycles. The second kappa shape index (κ2) is 12.7. The number of alkyl halides is 3. The Labute approximate surface area is 207 Å². The van der Waals surface area contributed by atoms with E-state index in [2.05, 4.69) is 73.9 Å². The van der Waals surface area contributed by atoms with E-state index in [0.717, 1.165) is 54.3 Å². The number of carbonyl (C=O) groups is 1. The van der Waals surface area contributed by atoms with Gasteiger partial charge in [-0.1, -0.05) is 27.2 Å². The summed E-state index contributed by atoms with van der Waals surface area (Å²) in [7, 11) is 1.74. The number of unbranched alkanes of at least 4 members (excludes halogenated alkanes) is 1. The number of methoxy groups -OCH3 is 1. The zero-order chi connectivity index (χ0) is 26.2. The third-order valence-electron chi connectivity index (χ3n) is 5.19. The Morgan fingerprint density at radius 3 is 2.51 bits per heavy atom. The van der Waals surface area contributed by atoms with Crippen molar-refractivity contribution in [2.45, 2.75) is 63.3 Å².